The molecule has 0 radical (unpaired) electrons. The van der Waals surface area contributed by atoms with Gasteiger partial charge < -0.3 is 29.3 Å². The molecule has 1 heterocycles. The van der Waals surface area contributed by atoms with Crippen LogP contribution in [0, 0.1) is 28.6 Å². The molecule has 0 aromatic carbocycles. The number of aromatic nitrogens is 1. The number of hydrogen-bond donors (Lipinski definition) is 3. The number of aliphatic hydroxyl groups excluding tert-OH is 2. The van der Waals surface area contributed by atoms with E-state index in [1.165, 1.54) is 0 Å². The van der Waals surface area contributed by atoms with Crippen molar-refractivity contribution in [2.24, 2.45) is 28.6 Å². The van der Waals surface area contributed by atoms with Gasteiger partial charge in [-0.05, 0) is 43.3 Å². The first-order valence-electron chi connectivity index (χ1n) is 17.1. The quantitative estimate of drug-likeness (QED) is 0.164. The van der Waals surface area contributed by atoms with E-state index in [1.54, 1.807) is 19.1 Å². The van der Waals surface area contributed by atoms with Crippen LogP contribution in [-0.4, -0.2) is 68.2 Å². The molecule has 2 unspecified atom stereocenters. The number of rotatable bonds is 12. The zero-order chi connectivity index (χ0) is 33.8. The van der Waals surface area contributed by atoms with Gasteiger partial charge in [0.15, 0.2) is 11.5 Å². The van der Waals surface area contributed by atoms with Gasteiger partial charge in [0.25, 0.3) is 0 Å². The van der Waals surface area contributed by atoms with Gasteiger partial charge in [0, 0.05) is 30.1 Å². The Labute approximate surface area is 271 Å². The lowest BCUT2D eigenvalue weighted by Crippen LogP contribution is -2.65. The fourth-order valence-electron chi connectivity index (χ4n) is 9.14. The van der Waals surface area contributed by atoms with Crippen molar-refractivity contribution in [1.29, 1.82) is 0 Å². The third-order valence-corrected chi connectivity index (χ3v) is 11.7. The minimum Gasteiger partial charge on any atom is -0.458 e. The van der Waals surface area contributed by atoms with E-state index >= 15 is 0 Å². The summed E-state index contributed by atoms with van der Waals surface area (Å²) in [7, 11) is 0. The number of unbranched alkanes of at least 4 members (excludes halogenated alkanes) is 4. The summed E-state index contributed by atoms with van der Waals surface area (Å²) in [6.45, 7) is 12.8. The minimum absolute atomic E-state index is 0.110. The number of nitrogens with zero attached hydrogens (tertiary/aromatic N) is 1. The molecule has 4 aliphatic rings. The van der Waals surface area contributed by atoms with Crippen molar-refractivity contribution in [2.75, 3.05) is 6.61 Å². The number of allylic oxidation sites excluding steroid dienone is 1. The Morgan fingerprint density at radius 1 is 1.07 bits per heavy atom. The summed E-state index contributed by atoms with van der Waals surface area (Å²) in [6.07, 6.45) is 6.32. The van der Waals surface area contributed by atoms with Crippen LogP contribution in [0.3, 0.4) is 0 Å². The number of Topliss-reactive ketones (excluding diaryl/α,β-unsaturated/α-hetero) is 1. The largest absolute Gasteiger partial charge is 0.458 e. The number of ether oxygens (including phenoxy) is 2. The maximum absolute atomic E-state index is 14.8. The molecule has 46 heavy (non-hydrogen) atoms. The number of aryl methyl sites for hydroxylation is 2. The van der Waals surface area contributed by atoms with Gasteiger partial charge in [-0.3, -0.25) is 9.59 Å². The Morgan fingerprint density at radius 2 is 1.76 bits per heavy atom. The molecular weight excluding hydrogens is 590 g/mol. The summed E-state index contributed by atoms with van der Waals surface area (Å²) in [5, 5.41) is 39.8. The lowest BCUT2D eigenvalue weighted by molar-refractivity contribution is -0.191. The molecular formula is C36H51NO9. The Morgan fingerprint density at radius 3 is 2.41 bits per heavy atom. The van der Waals surface area contributed by atoms with Crippen LogP contribution < -0.4 is 0 Å². The predicted octanol–water partition coefficient (Wildman–Crippen LogP) is 4.82. The first kappa shape index (κ1) is 34.5. The third-order valence-electron chi connectivity index (χ3n) is 11.7. The number of ketones is 1. The van der Waals surface area contributed by atoms with Crippen LogP contribution in [0.25, 0.3) is 0 Å². The molecule has 1 spiro atoms. The average molecular weight is 642 g/mol. The third kappa shape index (κ3) is 4.84. The molecule has 254 valence electrons. The van der Waals surface area contributed by atoms with Crippen molar-refractivity contribution in [2.45, 2.75) is 130 Å². The number of carbonyl (C=O) groups is 3. The molecule has 2 saturated carbocycles. The van der Waals surface area contributed by atoms with Crippen molar-refractivity contribution in [3.8, 4) is 0 Å². The molecule has 10 heteroatoms. The molecule has 5 rings (SSSR count). The van der Waals surface area contributed by atoms with Crippen LogP contribution in [0.5, 0.6) is 0 Å². The van der Waals surface area contributed by atoms with Gasteiger partial charge in [-0.15, -0.1) is 0 Å². The zero-order valence-corrected chi connectivity index (χ0v) is 28.4. The summed E-state index contributed by atoms with van der Waals surface area (Å²) in [6, 6.07) is 0. The molecule has 4 aliphatic carbocycles. The standard InChI is InChI=1S/C36H51NO9/c1-8-11-12-13-14-15-26(38)45-35-18-21(5)34-17-20(4)29(39)36(34,43)30(40)22(16-23(31(34)41)28(35)33(35,6)7)19-44-32(42)27-24(9-2)37-46-25(27)10-3/h16-17,21,23,28-30,39-40,43H,8-15,18-19H2,1-7H3/t21?,23-,28+,29-,30+,34?,35-,36+/m0/s1. The second-order valence-corrected chi connectivity index (χ2v) is 14.6. The van der Waals surface area contributed by atoms with E-state index in [9.17, 15) is 29.7 Å². The van der Waals surface area contributed by atoms with E-state index in [2.05, 4.69) is 12.1 Å². The van der Waals surface area contributed by atoms with E-state index in [-0.39, 0.29) is 35.7 Å². The van der Waals surface area contributed by atoms with Crippen LogP contribution in [0.15, 0.2) is 27.8 Å². The van der Waals surface area contributed by atoms with Gasteiger partial charge in [0.2, 0.25) is 0 Å². The number of hydrogen-bond acceptors (Lipinski definition) is 10. The Balaban J connectivity index is 1.52. The van der Waals surface area contributed by atoms with Gasteiger partial charge >= 0.3 is 11.9 Å². The van der Waals surface area contributed by atoms with Crippen LogP contribution in [0.1, 0.15) is 115 Å². The van der Waals surface area contributed by atoms with Gasteiger partial charge in [0.05, 0.1) is 11.1 Å². The maximum atomic E-state index is 14.8. The van der Waals surface area contributed by atoms with E-state index in [0.717, 1.165) is 32.1 Å². The second kappa shape index (κ2) is 12.3. The highest BCUT2D eigenvalue weighted by atomic mass is 16.6. The smallest absolute Gasteiger partial charge is 0.344 e. The molecule has 3 N–H and O–H groups in total. The van der Waals surface area contributed by atoms with Gasteiger partial charge in [0.1, 0.15) is 35.6 Å². The molecule has 0 amide bonds. The highest BCUT2D eigenvalue weighted by molar-refractivity contribution is 5.96. The van der Waals surface area contributed by atoms with Crippen molar-refractivity contribution in [1.82, 2.24) is 5.16 Å². The topological polar surface area (TPSA) is 156 Å². The van der Waals surface area contributed by atoms with Crippen LogP contribution in [-0.2, 0) is 31.9 Å². The summed E-state index contributed by atoms with van der Waals surface area (Å²) in [4.78, 5) is 41.5. The number of carbonyl (C=O) groups excluding carboxylic acids is 3. The Bertz CT molecular complexity index is 1420. The van der Waals surface area contributed by atoms with Crippen molar-refractivity contribution in [3.63, 3.8) is 0 Å². The fourth-order valence-corrected chi connectivity index (χ4v) is 9.14. The predicted molar refractivity (Wildman–Crippen MR) is 169 cm³/mol. The molecule has 8 atom stereocenters. The lowest BCUT2D eigenvalue weighted by Gasteiger charge is -2.48. The Kier molecular flexibility index (Phi) is 9.25. The monoisotopic (exact) mass is 641 g/mol. The summed E-state index contributed by atoms with van der Waals surface area (Å²) in [5.74, 6) is -2.88. The molecule has 0 aliphatic heterocycles. The van der Waals surface area contributed by atoms with Crippen LogP contribution in [0.4, 0.5) is 0 Å². The highest BCUT2D eigenvalue weighted by Gasteiger charge is 2.83. The number of esters is 2. The number of fused-ring (bicyclic) bond motifs is 3. The second-order valence-electron chi connectivity index (χ2n) is 14.6. The molecule has 10 nitrogen and oxygen atoms in total. The highest BCUT2D eigenvalue weighted by Crippen LogP contribution is 2.75. The summed E-state index contributed by atoms with van der Waals surface area (Å²) >= 11 is 0. The SMILES string of the molecule is CCCCCCCC(=O)O[C@@]12CC(C)C34C=C(C)[C@H](O)[C@@]3(O)[C@H](O)C(COC(=O)c3c(CC)noc3CC)=C[C@H](C4=O)[C@@H]1C2(C)C. The normalized spacial score (nSPS) is 35.7. The van der Waals surface area contributed by atoms with Crippen molar-refractivity contribution >= 4 is 17.7 Å². The van der Waals surface area contributed by atoms with Gasteiger partial charge in [-0.1, -0.05) is 84.5 Å². The van der Waals surface area contributed by atoms with Gasteiger partial charge in [-0.25, -0.2) is 4.79 Å². The van der Waals surface area contributed by atoms with E-state index in [0.29, 0.717) is 29.9 Å². The maximum Gasteiger partial charge on any atom is 0.344 e. The van der Waals surface area contributed by atoms with E-state index in [4.69, 9.17) is 14.0 Å². The van der Waals surface area contributed by atoms with Crippen LogP contribution >= 0.6 is 0 Å². The first-order chi connectivity index (χ1) is 21.7. The van der Waals surface area contributed by atoms with E-state index in [1.807, 2.05) is 34.6 Å². The zero-order valence-electron chi connectivity index (χ0n) is 28.4. The lowest BCUT2D eigenvalue weighted by atomic mass is 9.59. The van der Waals surface area contributed by atoms with E-state index < -0.39 is 64.6 Å². The van der Waals surface area contributed by atoms with Crippen LogP contribution in [0.2, 0.25) is 0 Å². The average Bonchev–Trinajstić information content (AvgIpc) is 3.26. The molecule has 1 aromatic rings. The minimum atomic E-state index is -2.33. The summed E-state index contributed by atoms with van der Waals surface area (Å²) < 4.78 is 17.4. The van der Waals surface area contributed by atoms with Crippen molar-refractivity contribution in [3.05, 3.63) is 40.3 Å². The Hall–Kier alpha value is -2.82. The molecule has 2 bridgehead atoms. The fraction of sp³-hybridized carbons (Fsp3) is 0.722. The van der Waals surface area contributed by atoms with Crippen molar-refractivity contribution < 1.29 is 43.7 Å². The number of aliphatic hydroxyl groups is 3. The first-order valence-corrected chi connectivity index (χ1v) is 17.1. The summed E-state index contributed by atoms with van der Waals surface area (Å²) in [5.41, 5.74) is -4.40. The van der Waals surface area contributed by atoms with Gasteiger partial charge in [-0.2, -0.15) is 0 Å². The molecule has 1 aromatic heterocycles. The molecule has 2 fully saturated rings. The molecule has 0 saturated heterocycles.